The Morgan fingerprint density at radius 1 is 1.26 bits per heavy atom. The van der Waals surface area contributed by atoms with Crippen LogP contribution in [0.15, 0.2) is 72.9 Å². The highest BCUT2D eigenvalue weighted by molar-refractivity contribution is 5.71. The highest BCUT2D eigenvalue weighted by Crippen LogP contribution is 2.23. The van der Waals surface area contributed by atoms with Gasteiger partial charge in [0.25, 0.3) is 0 Å². The Morgan fingerprint density at radius 2 is 2.05 bits per heavy atom. The van der Waals surface area contributed by atoms with Crippen LogP contribution in [0.2, 0.25) is 0 Å². The topological polar surface area (TPSA) is 0 Å². The van der Waals surface area contributed by atoms with Crippen LogP contribution in [0.25, 0.3) is 11.6 Å². The first-order chi connectivity index (χ1) is 9.33. The molecule has 0 fully saturated rings. The molecule has 0 N–H and O–H groups in total. The van der Waals surface area contributed by atoms with E-state index in [0.29, 0.717) is 0 Å². The Hall–Kier alpha value is -2.08. The van der Waals surface area contributed by atoms with Crippen molar-refractivity contribution in [1.82, 2.24) is 0 Å². The zero-order valence-electron chi connectivity index (χ0n) is 11.5. The van der Waals surface area contributed by atoms with Crippen molar-refractivity contribution in [1.29, 1.82) is 0 Å². The zero-order chi connectivity index (χ0) is 13.5. The summed E-state index contributed by atoms with van der Waals surface area (Å²) in [5, 5.41) is 0. The van der Waals surface area contributed by atoms with Crippen LogP contribution in [-0.2, 0) is 0 Å². The minimum atomic E-state index is 1.02. The predicted octanol–water partition coefficient (Wildman–Crippen LogP) is 5.57. The van der Waals surface area contributed by atoms with Gasteiger partial charge in [0.15, 0.2) is 0 Å². The molecule has 0 unspecified atom stereocenters. The summed E-state index contributed by atoms with van der Waals surface area (Å²) in [4.78, 5) is 0. The SMILES string of the molecule is C=C/C(=C\C=Cc1ccc(C2=CC=CC2)cc1)CC. The number of hydrogen-bond acceptors (Lipinski definition) is 0. The molecule has 0 saturated carbocycles. The third-order valence-electron chi connectivity index (χ3n) is 3.32. The number of allylic oxidation sites excluding steroid dienone is 8. The van der Waals surface area contributed by atoms with E-state index in [1.54, 1.807) is 0 Å². The molecule has 0 aromatic heterocycles. The third-order valence-corrected chi connectivity index (χ3v) is 3.32. The molecule has 0 nitrogen and oxygen atoms in total. The van der Waals surface area contributed by atoms with Crippen molar-refractivity contribution in [2.75, 3.05) is 0 Å². The zero-order valence-corrected chi connectivity index (χ0v) is 11.5. The average molecular weight is 248 g/mol. The lowest BCUT2D eigenvalue weighted by molar-refractivity contribution is 1.15. The second kappa shape index (κ2) is 6.75. The van der Waals surface area contributed by atoms with Crippen LogP contribution in [0, 0.1) is 0 Å². The van der Waals surface area contributed by atoms with Crippen LogP contribution < -0.4 is 0 Å². The normalized spacial score (nSPS) is 15.0. The van der Waals surface area contributed by atoms with E-state index in [2.05, 4.69) is 74.2 Å². The lowest BCUT2D eigenvalue weighted by Gasteiger charge is -2.02. The largest absolute Gasteiger partial charge is 0.0988 e. The van der Waals surface area contributed by atoms with Gasteiger partial charge < -0.3 is 0 Å². The molecule has 0 spiro atoms. The Balaban J connectivity index is 2.04. The molecule has 0 aliphatic heterocycles. The predicted molar refractivity (Wildman–Crippen MR) is 85.8 cm³/mol. The Kier molecular flexibility index (Phi) is 4.74. The standard InChI is InChI=1S/C19H20/c1-3-16(4-2)8-7-9-17-12-14-19(15-13-17)18-10-5-6-11-18/h3,5-10,12-15H,1,4,11H2,2H3/b9-7?,16-8+. The first kappa shape index (κ1) is 13.4. The molecule has 0 heteroatoms. The van der Waals surface area contributed by atoms with Crippen LogP contribution in [0.1, 0.15) is 30.9 Å². The molecule has 1 aliphatic rings. The summed E-state index contributed by atoms with van der Waals surface area (Å²) in [5.41, 5.74) is 5.20. The average Bonchev–Trinajstić information content (AvgIpc) is 2.98. The fourth-order valence-corrected chi connectivity index (χ4v) is 2.08. The fourth-order valence-electron chi connectivity index (χ4n) is 2.08. The second-order valence-electron chi connectivity index (χ2n) is 4.60. The van der Waals surface area contributed by atoms with Gasteiger partial charge in [0.05, 0.1) is 0 Å². The van der Waals surface area contributed by atoms with Gasteiger partial charge in [-0.05, 0) is 35.1 Å². The molecular weight excluding hydrogens is 228 g/mol. The molecule has 2 rings (SSSR count). The van der Waals surface area contributed by atoms with Gasteiger partial charge in [-0.15, -0.1) is 0 Å². The highest BCUT2D eigenvalue weighted by Gasteiger charge is 2.01. The first-order valence-electron chi connectivity index (χ1n) is 6.79. The monoisotopic (exact) mass is 248 g/mol. The molecule has 0 heterocycles. The minimum absolute atomic E-state index is 1.02. The maximum atomic E-state index is 3.80. The van der Waals surface area contributed by atoms with Crippen molar-refractivity contribution in [3.63, 3.8) is 0 Å². The molecule has 1 aromatic carbocycles. The van der Waals surface area contributed by atoms with Crippen molar-refractivity contribution in [3.8, 4) is 0 Å². The van der Waals surface area contributed by atoms with E-state index in [4.69, 9.17) is 0 Å². The minimum Gasteiger partial charge on any atom is -0.0988 e. The van der Waals surface area contributed by atoms with Gasteiger partial charge in [-0.2, -0.15) is 0 Å². The van der Waals surface area contributed by atoms with Crippen molar-refractivity contribution < 1.29 is 0 Å². The molecule has 19 heavy (non-hydrogen) atoms. The van der Waals surface area contributed by atoms with Crippen molar-refractivity contribution >= 4 is 11.6 Å². The maximum Gasteiger partial charge on any atom is -0.00884 e. The fraction of sp³-hybridized carbons (Fsp3) is 0.158. The van der Waals surface area contributed by atoms with E-state index in [9.17, 15) is 0 Å². The summed E-state index contributed by atoms with van der Waals surface area (Å²) in [6.07, 6.45) is 16.8. The summed E-state index contributed by atoms with van der Waals surface area (Å²) >= 11 is 0. The van der Waals surface area contributed by atoms with Crippen LogP contribution >= 0.6 is 0 Å². The summed E-state index contributed by atoms with van der Waals surface area (Å²) < 4.78 is 0. The van der Waals surface area contributed by atoms with Gasteiger partial charge in [0.1, 0.15) is 0 Å². The van der Waals surface area contributed by atoms with E-state index in [1.165, 1.54) is 22.3 Å². The summed E-state index contributed by atoms with van der Waals surface area (Å²) in [6.45, 7) is 5.94. The summed E-state index contributed by atoms with van der Waals surface area (Å²) in [7, 11) is 0. The molecule has 1 aliphatic carbocycles. The molecule has 0 saturated heterocycles. The van der Waals surface area contributed by atoms with E-state index in [-0.39, 0.29) is 0 Å². The Morgan fingerprint density at radius 3 is 2.63 bits per heavy atom. The number of hydrogen-bond donors (Lipinski definition) is 0. The second-order valence-corrected chi connectivity index (χ2v) is 4.60. The molecule has 96 valence electrons. The Bertz CT molecular complexity index is 548. The number of benzene rings is 1. The molecule has 0 atom stereocenters. The van der Waals surface area contributed by atoms with Gasteiger partial charge in [0.2, 0.25) is 0 Å². The summed E-state index contributed by atoms with van der Waals surface area (Å²) in [6, 6.07) is 8.71. The molecule has 1 aromatic rings. The lowest BCUT2D eigenvalue weighted by atomic mass is 10.0. The van der Waals surface area contributed by atoms with Crippen molar-refractivity contribution in [2.45, 2.75) is 19.8 Å². The maximum absolute atomic E-state index is 3.80. The quantitative estimate of drug-likeness (QED) is 0.598. The molecule has 0 amide bonds. The number of rotatable bonds is 5. The van der Waals surface area contributed by atoms with Crippen LogP contribution in [0.4, 0.5) is 0 Å². The van der Waals surface area contributed by atoms with E-state index in [1.807, 2.05) is 6.08 Å². The van der Waals surface area contributed by atoms with E-state index < -0.39 is 0 Å². The third kappa shape index (κ3) is 3.69. The molecular formula is C19H20. The molecule has 0 radical (unpaired) electrons. The molecule has 0 bridgehead atoms. The van der Waals surface area contributed by atoms with Gasteiger partial charge in [0, 0.05) is 0 Å². The van der Waals surface area contributed by atoms with Crippen LogP contribution in [0.5, 0.6) is 0 Å². The first-order valence-corrected chi connectivity index (χ1v) is 6.79. The van der Waals surface area contributed by atoms with Crippen molar-refractivity contribution in [2.24, 2.45) is 0 Å². The van der Waals surface area contributed by atoms with Gasteiger partial charge in [-0.25, -0.2) is 0 Å². The van der Waals surface area contributed by atoms with Crippen LogP contribution in [0.3, 0.4) is 0 Å². The smallest absolute Gasteiger partial charge is 0.00884 e. The Labute approximate surface area is 116 Å². The van der Waals surface area contributed by atoms with E-state index >= 15 is 0 Å². The van der Waals surface area contributed by atoms with E-state index in [0.717, 1.165) is 12.8 Å². The van der Waals surface area contributed by atoms with Crippen LogP contribution in [-0.4, -0.2) is 0 Å². The van der Waals surface area contributed by atoms with Gasteiger partial charge in [-0.1, -0.05) is 80.3 Å². The summed E-state index contributed by atoms with van der Waals surface area (Å²) in [5.74, 6) is 0. The highest BCUT2D eigenvalue weighted by atomic mass is 14.1. The van der Waals surface area contributed by atoms with Crippen molar-refractivity contribution in [3.05, 3.63) is 84.0 Å². The lowest BCUT2D eigenvalue weighted by Crippen LogP contribution is -1.81. The van der Waals surface area contributed by atoms with Gasteiger partial charge >= 0.3 is 0 Å². The van der Waals surface area contributed by atoms with Gasteiger partial charge in [-0.3, -0.25) is 0 Å².